The average molecular weight is 248 g/mol. The molecule has 1 N–H and O–H groups in total. The third-order valence-corrected chi connectivity index (χ3v) is 3.71. The second kappa shape index (κ2) is 5.40. The molecule has 1 heterocycles. The number of benzene rings is 1. The van der Waals surface area contributed by atoms with Crippen LogP contribution >= 0.6 is 0 Å². The number of hydrogen-bond donors (Lipinski definition) is 1. The van der Waals surface area contributed by atoms with Crippen LogP contribution in [0.1, 0.15) is 19.8 Å². The minimum atomic E-state index is -0.286. The van der Waals surface area contributed by atoms with E-state index in [2.05, 4.69) is 12.2 Å². The minimum Gasteiger partial charge on any atom is -0.410 e. The van der Waals surface area contributed by atoms with E-state index in [1.807, 2.05) is 25.2 Å². The smallest absolute Gasteiger partial charge is 0.410 e. The van der Waals surface area contributed by atoms with Gasteiger partial charge in [-0.05, 0) is 45.0 Å². The number of carbonyl (C=O) groups is 1. The summed E-state index contributed by atoms with van der Waals surface area (Å²) in [5, 5.41) is 3.30. The number of rotatable bonds is 2. The molecule has 0 unspecified atom stereocenters. The molecule has 4 nitrogen and oxygen atoms in total. The quantitative estimate of drug-likeness (QED) is 0.873. The summed E-state index contributed by atoms with van der Waals surface area (Å²) in [6, 6.07) is 9.19. The molecule has 0 spiro atoms. The van der Waals surface area contributed by atoms with Gasteiger partial charge in [0, 0.05) is 12.6 Å². The van der Waals surface area contributed by atoms with E-state index in [1.54, 1.807) is 17.0 Å². The molecule has 4 heteroatoms. The highest BCUT2D eigenvalue weighted by atomic mass is 16.6. The first-order valence-corrected chi connectivity index (χ1v) is 6.33. The first kappa shape index (κ1) is 12.9. The van der Waals surface area contributed by atoms with Crippen LogP contribution in [0.2, 0.25) is 0 Å². The molecule has 1 aromatic rings. The van der Waals surface area contributed by atoms with Crippen LogP contribution in [0.25, 0.3) is 0 Å². The highest BCUT2D eigenvalue weighted by molar-refractivity contribution is 5.71. The topological polar surface area (TPSA) is 41.6 Å². The number of ether oxygens (including phenoxy) is 1. The van der Waals surface area contributed by atoms with Crippen molar-refractivity contribution >= 4 is 6.09 Å². The fourth-order valence-corrected chi connectivity index (χ4v) is 2.18. The van der Waals surface area contributed by atoms with Crippen molar-refractivity contribution in [1.82, 2.24) is 10.2 Å². The summed E-state index contributed by atoms with van der Waals surface area (Å²) in [5.41, 5.74) is -0.114. The van der Waals surface area contributed by atoms with Gasteiger partial charge in [0.2, 0.25) is 0 Å². The average Bonchev–Trinajstić information content (AvgIpc) is 2.40. The summed E-state index contributed by atoms with van der Waals surface area (Å²) >= 11 is 0. The summed E-state index contributed by atoms with van der Waals surface area (Å²) in [6.45, 7) is 4.00. The number of carbonyl (C=O) groups excluding carboxylic acids is 1. The maximum Gasteiger partial charge on any atom is 0.415 e. The summed E-state index contributed by atoms with van der Waals surface area (Å²) < 4.78 is 5.36. The lowest BCUT2D eigenvalue weighted by Crippen LogP contribution is -2.53. The van der Waals surface area contributed by atoms with Crippen molar-refractivity contribution in [3.63, 3.8) is 0 Å². The SMILES string of the molecule is CN(C(=O)Oc1ccccc1)C1(C)CCNCC1. The molecule has 0 bridgehead atoms. The van der Waals surface area contributed by atoms with Gasteiger partial charge in [-0.3, -0.25) is 0 Å². The lowest BCUT2D eigenvalue weighted by Gasteiger charge is -2.41. The molecular formula is C14H20N2O2. The Morgan fingerprint density at radius 3 is 2.50 bits per heavy atom. The van der Waals surface area contributed by atoms with Crippen LogP contribution in [0.3, 0.4) is 0 Å². The zero-order valence-electron chi connectivity index (χ0n) is 11.0. The van der Waals surface area contributed by atoms with Crippen molar-refractivity contribution in [2.45, 2.75) is 25.3 Å². The van der Waals surface area contributed by atoms with Crippen LogP contribution in [0, 0.1) is 0 Å². The van der Waals surface area contributed by atoms with Crippen molar-refractivity contribution < 1.29 is 9.53 Å². The van der Waals surface area contributed by atoms with Gasteiger partial charge >= 0.3 is 6.09 Å². The van der Waals surface area contributed by atoms with Gasteiger partial charge in [-0.15, -0.1) is 0 Å². The van der Waals surface area contributed by atoms with E-state index >= 15 is 0 Å². The fraction of sp³-hybridized carbons (Fsp3) is 0.500. The molecule has 1 aromatic carbocycles. The summed E-state index contributed by atoms with van der Waals surface area (Å²) in [4.78, 5) is 13.8. The van der Waals surface area contributed by atoms with Crippen LogP contribution < -0.4 is 10.1 Å². The highest BCUT2D eigenvalue weighted by Gasteiger charge is 2.34. The standard InChI is InChI=1S/C14H20N2O2/c1-14(8-10-15-11-9-14)16(2)13(17)18-12-6-4-3-5-7-12/h3-7,15H,8-11H2,1-2H3. The molecule has 98 valence electrons. The number of para-hydroxylation sites is 1. The van der Waals surface area contributed by atoms with Gasteiger partial charge in [-0.2, -0.15) is 0 Å². The Hall–Kier alpha value is -1.55. The number of nitrogens with one attached hydrogen (secondary N) is 1. The fourth-order valence-electron chi connectivity index (χ4n) is 2.18. The zero-order valence-corrected chi connectivity index (χ0v) is 11.0. The first-order valence-electron chi connectivity index (χ1n) is 6.33. The van der Waals surface area contributed by atoms with Crippen molar-refractivity contribution in [2.75, 3.05) is 20.1 Å². The van der Waals surface area contributed by atoms with Crippen molar-refractivity contribution in [1.29, 1.82) is 0 Å². The Labute approximate surface area is 108 Å². The molecule has 2 rings (SSSR count). The van der Waals surface area contributed by atoms with Gasteiger partial charge in [-0.1, -0.05) is 18.2 Å². The van der Waals surface area contributed by atoms with Crippen molar-refractivity contribution in [3.05, 3.63) is 30.3 Å². The van der Waals surface area contributed by atoms with E-state index in [9.17, 15) is 4.79 Å². The molecule has 0 aliphatic carbocycles. The molecule has 0 radical (unpaired) electrons. The van der Waals surface area contributed by atoms with E-state index in [4.69, 9.17) is 4.74 Å². The Balaban J connectivity index is 2.00. The van der Waals surface area contributed by atoms with Crippen LogP contribution in [-0.4, -0.2) is 36.7 Å². The van der Waals surface area contributed by atoms with Crippen molar-refractivity contribution in [3.8, 4) is 5.75 Å². The largest absolute Gasteiger partial charge is 0.415 e. The molecule has 18 heavy (non-hydrogen) atoms. The highest BCUT2D eigenvalue weighted by Crippen LogP contribution is 2.25. The van der Waals surface area contributed by atoms with Crippen molar-refractivity contribution in [2.24, 2.45) is 0 Å². The Morgan fingerprint density at radius 1 is 1.28 bits per heavy atom. The second-order valence-electron chi connectivity index (χ2n) is 4.99. The third kappa shape index (κ3) is 2.82. The van der Waals surface area contributed by atoms with E-state index in [1.165, 1.54) is 0 Å². The number of hydrogen-bond acceptors (Lipinski definition) is 3. The molecule has 1 aliphatic heterocycles. The summed E-state index contributed by atoms with van der Waals surface area (Å²) in [7, 11) is 1.82. The Morgan fingerprint density at radius 2 is 1.89 bits per heavy atom. The minimum absolute atomic E-state index is 0.114. The number of nitrogens with zero attached hydrogens (tertiary/aromatic N) is 1. The van der Waals surface area contributed by atoms with Crippen LogP contribution in [-0.2, 0) is 0 Å². The normalized spacial score (nSPS) is 18.1. The van der Waals surface area contributed by atoms with E-state index < -0.39 is 0 Å². The number of piperidine rings is 1. The maximum atomic E-state index is 12.1. The Kier molecular flexibility index (Phi) is 3.87. The second-order valence-corrected chi connectivity index (χ2v) is 4.99. The molecule has 1 amide bonds. The third-order valence-electron chi connectivity index (χ3n) is 3.71. The zero-order chi connectivity index (χ0) is 13.0. The van der Waals surface area contributed by atoms with E-state index in [0.29, 0.717) is 5.75 Å². The molecule has 1 fully saturated rings. The van der Waals surface area contributed by atoms with Gasteiger partial charge in [-0.25, -0.2) is 4.79 Å². The van der Waals surface area contributed by atoms with Gasteiger partial charge in [0.25, 0.3) is 0 Å². The molecular weight excluding hydrogens is 228 g/mol. The number of amides is 1. The monoisotopic (exact) mass is 248 g/mol. The molecule has 1 aliphatic rings. The van der Waals surface area contributed by atoms with E-state index in [-0.39, 0.29) is 11.6 Å². The van der Waals surface area contributed by atoms with E-state index in [0.717, 1.165) is 25.9 Å². The molecule has 1 saturated heterocycles. The predicted octanol–water partition coefficient (Wildman–Crippen LogP) is 2.26. The molecule has 0 aromatic heterocycles. The summed E-state index contributed by atoms with van der Waals surface area (Å²) in [5.74, 6) is 0.590. The lowest BCUT2D eigenvalue weighted by atomic mass is 9.89. The van der Waals surface area contributed by atoms with Gasteiger partial charge in [0.15, 0.2) is 0 Å². The van der Waals surface area contributed by atoms with Gasteiger partial charge in [0.05, 0.1) is 0 Å². The van der Waals surface area contributed by atoms with Gasteiger partial charge < -0.3 is 15.0 Å². The van der Waals surface area contributed by atoms with Crippen LogP contribution in [0.5, 0.6) is 5.75 Å². The predicted molar refractivity (Wildman–Crippen MR) is 70.7 cm³/mol. The molecule has 0 atom stereocenters. The van der Waals surface area contributed by atoms with Gasteiger partial charge in [0.1, 0.15) is 5.75 Å². The van der Waals surface area contributed by atoms with Crippen LogP contribution in [0.15, 0.2) is 30.3 Å². The summed E-state index contributed by atoms with van der Waals surface area (Å²) in [6.07, 6.45) is 1.62. The first-order chi connectivity index (χ1) is 8.62. The van der Waals surface area contributed by atoms with Crippen LogP contribution in [0.4, 0.5) is 4.79 Å². The maximum absolute atomic E-state index is 12.1. The molecule has 0 saturated carbocycles. The Bertz CT molecular complexity index is 400. The lowest BCUT2D eigenvalue weighted by molar-refractivity contribution is 0.0884.